The Hall–Kier alpha value is -1.51. The first-order chi connectivity index (χ1) is 9.83. The molecule has 0 amide bonds. The lowest BCUT2D eigenvalue weighted by molar-refractivity contribution is -0.00000585. The second-order valence-corrected chi connectivity index (χ2v) is 5.36. The minimum Gasteiger partial charge on any atom is -1.00 e. The van der Waals surface area contributed by atoms with Gasteiger partial charge in [0.15, 0.2) is 11.5 Å². The number of ether oxygens (including phenoxy) is 2. The summed E-state index contributed by atoms with van der Waals surface area (Å²) >= 11 is 1.63. The zero-order chi connectivity index (χ0) is 13.8. The summed E-state index contributed by atoms with van der Waals surface area (Å²) in [6, 6.07) is 5.99. The molecule has 0 bridgehead atoms. The number of aromatic nitrogens is 4. The van der Waals surface area contributed by atoms with E-state index in [0.29, 0.717) is 6.79 Å². The third-order valence-electron chi connectivity index (χ3n) is 2.86. The van der Waals surface area contributed by atoms with Gasteiger partial charge in [-0.3, -0.25) is 0 Å². The number of hydrogen-bond donors (Lipinski definition) is 1. The van der Waals surface area contributed by atoms with Gasteiger partial charge in [-0.25, -0.2) is 4.68 Å². The predicted molar refractivity (Wildman–Crippen MR) is 73.8 cm³/mol. The molecule has 3 rings (SSSR count). The maximum Gasteiger partial charge on any atom is 0.231 e. The van der Waals surface area contributed by atoms with E-state index < -0.39 is 0 Å². The molecule has 1 aromatic heterocycles. The number of tetrazole rings is 1. The average Bonchev–Trinajstić information content (AvgIpc) is 3.07. The molecule has 0 unspecified atom stereocenters. The van der Waals surface area contributed by atoms with E-state index in [9.17, 15) is 0 Å². The van der Waals surface area contributed by atoms with Gasteiger partial charge < -0.3 is 27.2 Å². The molecule has 0 saturated heterocycles. The number of halogens is 1. The normalized spacial score (nSPS) is 12.2. The maximum atomic E-state index is 5.35. The van der Waals surface area contributed by atoms with Crippen LogP contribution in [-0.2, 0) is 13.6 Å². The van der Waals surface area contributed by atoms with Gasteiger partial charge in [0.05, 0.1) is 0 Å². The third kappa shape index (κ3) is 3.99. The zero-order valence-corrected chi connectivity index (χ0v) is 13.0. The fourth-order valence-electron chi connectivity index (χ4n) is 1.84. The molecule has 1 aliphatic rings. The van der Waals surface area contributed by atoms with Gasteiger partial charge in [-0.05, 0) is 28.1 Å². The quantitative estimate of drug-likeness (QED) is 0.477. The van der Waals surface area contributed by atoms with Crippen molar-refractivity contribution < 1.29 is 21.9 Å². The average molecular weight is 329 g/mol. The van der Waals surface area contributed by atoms with Gasteiger partial charge in [-0.1, -0.05) is 17.8 Å². The first-order valence-electron chi connectivity index (χ1n) is 6.27. The van der Waals surface area contributed by atoms with Crippen LogP contribution in [0.25, 0.3) is 0 Å². The summed E-state index contributed by atoms with van der Waals surface area (Å²) in [6.45, 7) is 1.99. The van der Waals surface area contributed by atoms with Gasteiger partial charge in [-0.15, -0.1) is 5.10 Å². The first kappa shape index (κ1) is 15.9. The number of nitrogens with one attached hydrogen (secondary N) is 1. The number of fused-ring (bicyclic) bond motifs is 1. The van der Waals surface area contributed by atoms with Gasteiger partial charge >= 0.3 is 0 Å². The summed E-state index contributed by atoms with van der Waals surface area (Å²) in [5, 5.41) is 15.5. The maximum absolute atomic E-state index is 5.35. The van der Waals surface area contributed by atoms with Crippen molar-refractivity contribution in [2.24, 2.45) is 7.05 Å². The van der Waals surface area contributed by atoms with Crippen LogP contribution in [0.2, 0.25) is 0 Å². The lowest BCUT2D eigenvalue weighted by Gasteiger charge is -2.05. The molecular formula is C12H15ClN5O2S-. The Kier molecular flexibility index (Phi) is 5.66. The smallest absolute Gasteiger partial charge is 0.231 e. The molecule has 0 fully saturated rings. The number of nitrogens with zero attached hydrogens (tertiary/aromatic N) is 4. The highest BCUT2D eigenvalue weighted by Crippen LogP contribution is 2.32. The fraction of sp³-hybridized carbons (Fsp3) is 0.417. The van der Waals surface area contributed by atoms with Gasteiger partial charge in [0.2, 0.25) is 11.9 Å². The standard InChI is InChI=1S/C12H15N5O2S.ClH/c1-17-12(14-15-16-17)20-5-4-13-7-9-2-3-10-11(6-9)19-8-18-10;/h2-3,6,13H,4-5,7-8H2,1H3;1H/p-1. The molecule has 2 heterocycles. The lowest BCUT2D eigenvalue weighted by atomic mass is 10.2. The van der Waals surface area contributed by atoms with E-state index >= 15 is 0 Å². The van der Waals surface area contributed by atoms with Crippen molar-refractivity contribution in [2.45, 2.75) is 11.7 Å². The van der Waals surface area contributed by atoms with Crippen LogP contribution in [0.3, 0.4) is 0 Å². The van der Waals surface area contributed by atoms with E-state index in [1.165, 1.54) is 5.56 Å². The Bertz CT molecular complexity index is 595. The second-order valence-electron chi connectivity index (χ2n) is 4.30. The van der Waals surface area contributed by atoms with Crippen LogP contribution in [0.15, 0.2) is 23.4 Å². The fourth-order valence-corrected chi connectivity index (χ4v) is 2.59. The van der Waals surface area contributed by atoms with Gasteiger partial charge in [-0.2, -0.15) is 0 Å². The monoisotopic (exact) mass is 328 g/mol. The molecule has 0 spiro atoms. The van der Waals surface area contributed by atoms with E-state index in [1.54, 1.807) is 16.4 Å². The molecule has 7 nitrogen and oxygen atoms in total. The van der Waals surface area contributed by atoms with Crippen LogP contribution in [0.5, 0.6) is 11.5 Å². The van der Waals surface area contributed by atoms with Gasteiger partial charge in [0.25, 0.3) is 0 Å². The Labute approximate surface area is 132 Å². The van der Waals surface area contributed by atoms with Crippen LogP contribution in [0.4, 0.5) is 0 Å². The molecule has 21 heavy (non-hydrogen) atoms. The van der Waals surface area contributed by atoms with Crippen molar-refractivity contribution in [3.8, 4) is 11.5 Å². The second kappa shape index (κ2) is 7.48. The van der Waals surface area contributed by atoms with E-state index in [4.69, 9.17) is 9.47 Å². The van der Waals surface area contributed by atoms with Crippen molar-refractivity contribution in [3.63, 3.8) is 0 Å². The number of benzene rings is 1. The summed E-state index contributed by atoms with van der Waals surface area (Å²) in [6.07, 6.45) is 0. The minimum absolute atomic E-state index is 0. The topological polar surface area (TPSA) is 74.1 Å². The van der Waals surface area contributed by atoms with Gasteiger partial charge in [0, 0.05) is 25.9 Å². The predicted octanol–water partition coefficient (Wildman–Crippen LogP) is -2.18. The van der Waals surface area contributed by atoms with Crippen molar-refractivity contribution in [1.29, 1.82) is 0 Å². The summed E-state index contributed by atoms with van der Waals surface area (Å²) in [5.41, 5.74) is 1.18. The molecule has 0 saturated carbocycles. The molecule has 1 N–H and O–H groups in total. The molecular weight excluding hydrogens is 314 g/mol. The largest absolute Gasteiger partial charge is 1.00 e. The first-order valence-corrected chi connectivity index (χ1v) is 7.26. The SMILES string of the molecule is Cn1nnnc1SCCNCc1ccc2c(c1)OCO2.[Cl-]. The van der Waals surface area contributed by atoms with E-state index in [1.807, 2.05) is 25.2 Å². The minimum atomic E-state index is 0. The molecule has 0 atom stereocenters. The summed E-state index contributed by atoms with van der Waals surface area (Å²) in [5.74, 6) is 2.56. The Morgan fingerprint density at radius 1 is 1.33 bits per heavy atom. The van der Waals surface area contributed by atoms with Crippen LogP contribution in [0, 0.1) is 0 Å². The number of thioether (sulfide) groups is 1. The molecule has 9 heteroatoms. The summed E-state index contributed by atoms with van der Waals surface area (Å²) in [7, 11) is 1.84. The van der Waals surface area contributed by atoms with E-state index in [0.717, 1.165) is 35.5 Å². The third-order valence-corrected chi connectivity index (χ3v) is 3.87. The molecule has 0 radical (unpaired) electrons. The Morgan fingerprint density at radius 2 is 2.19 bits per heavy atom. The Balaban J connectivity index is 0.00000161. The van der Waals surface area contributed by atoms with E-state index in [-0.39, 0.29) is 12.4 Å². The summed E-state index contributed by atoms with van der Waals surface area (Å²) < 4.78 is 12.3. The lowest BCUT2D eigenvalue weighted by Crippen LogP contribution is -3.00. The molecule has 0 aliphatic carbocycles. The Morgan fingerprint density at radius 3 is 3.00 bits per heavy atom. The van der Waals surface area contributed by atoms with Crippen molar-refractivity contribution in [2.75, 3.05) is 19.1 Å². The van der Waals surface area contributed by atoms with Crippen LogP contribution in [0.1, 0.15) is 5.56 Å². The molecule has 1 aliphatic heterocycles. The van der Waals surface area contributed by atoms with Crippen LogP contribution >= 0.6 is 11.8 Å². The highest BCUT2D eigenvalue weighted by Gasteiger charge is 2.12. The van der Waals surface area contributed by atoms with Gasteiger partial charge in [0.1, 0.15) is 0 Å². The zero-order valence-electron chi connectivity index (χ0n) is 11.5. The number of aryl methyl sites for hydroxylation is 1. The van der Waals surface area contributed by atoms with Crippen LogP contribution < -0.4 is 27.2 Å². The van der Waals surface area contributed by atoms with Crippen molar-refractivity contribution in [1.82, 2.24) is 25.5 Å². The number of hydrogen-bond acceptors (Lipinski definition) is 7. The van der Waals surface area contributed by atoms with E-state index in [2.05, 4.69) is 20.8 Å². The molecule has 2 aromatic rings. The highest BCUT2D eigenvalue weighted by atomic mass is 35.5. The van der Waals surface area contributed by atoms with Crippen molar-refractivity contribution >= 4 is 11.8 Å². The van der Waals surface area contributed by atoms with Crippen LogP contribution in [-0.4, -0.2) is 39.3 Å². The highest BCUT2D eigenvalue weighted by molar-refractivity contribution is 7.99. The summed E-state index contributed by atoms with van der Waals surface area (Å²) in [4.78, 5) is 0. The molecule has 114 valence electrons. The molecule has 1 aromatic carbocycles. The van der Waals surface area contributed by atoms with Crippen molar-refractivity contribution in [3.05, 3.63) is 23.8 Å². The number of rotatable bonds is 6.